The molecule has 0 aliphatic rings. The van der Waals surface area contributed by atoms with Gasteiger partial charge < -0.3 is 5.73 Å². The van der Waals surface area contributed by atoms with E-state index in [1.165, 1.54) is 5.56 Å². The first-order chi connectivity index (χ1) is 11.2. The molecule has 0 spiro atoms. The van der Waals surface area contributed by atoms with E-state index in [0.717, 1.165) is 16.8 Å². The van der Waals surface area contributed by atoms with E-state index in [2.05, 4.69) is 21.8 Å². The highest BCUT2D eigenvalue weighted by molar-refractivity contribution is 5.44. The SMILES string of the molecule is Cc1cccc(C#Cc2cnc(N)c(Cc3ccccc3)n2)c1. The van der Waals surface area contributed by atoms with Gasteiger partial charge >= 0.3 is 0 Å². The first-order valence-corrected chi connectivity index (χ1v) is 7.45. The summed E-state index contributed by atoms with van der Waals surface area (Å²) < 4.78 is 0. The van der Waals surface area contributed by atoms with E-state index in [1.54, 1.807) is 6.20 Å². The maximum atomic E-state index is 5.94. The quantitative estimate of drug-likeness (QED) is 0.738. The molecule has 3 rings (SSSR count). The second-order valence-corrected chi connectivity index (χ2v) is 5.37. The van der Waals surface area contributed by atoms with Gasteiger partial charge in [-0.2, -0.15) is 0 Å². The second kappa shape index (κ2) is 6.76. The summed E-state index contributed by atoms with van der Waals surface area (Å²) in [5, 5.41) is 0. The number of aromatic nitrogens is 2. The molecule has 0 atom stereocenters. The Kier molecular flexibility index (Phi) is 4.35. The molecule has 0 saturated heterocycles. The lowest BCUT2D eigenvalue weighted by atomic mass is 10.1. The molecule has 3 heteroatoms. The molecule has 0 unspecified atom stereocenters. The van der Waals surface area contributed by atoms with Crippen molar-refractivity contribution in [3.63, 3.8) is 0 Å². The highest BCUT2D eigenvalue weighted by Gasteiger charge is 2.05. The minimum absolute atomic E-state index is 0.454. The molecule has 3 aromatic rings. The fourth-order valence-electron chi connectivity index (χ4n) is 2.28. The highest BCUT2D eigenvalue weighted by Crippen LogP contribution is 2.12. The van der Waals surface area contributed by atoms with Crippen LogP contribution in [-0.4, -0.2) is 9.97 Å². The Hall–Kier alpha value is -3.12. The van der Waals surface area contributed by atoms with Gasteiger partial charge in [-0.05, 0) is 36.1 Å². The average Bonchev–Trinajstić information content (AvgIpc) is 2.57. The van der Waals surface area contributed by atoms with Gasteiger partial charge in [-0.15, -0.1) is 0 Å². The molecule has 0 aliphatic carbocycles. The van der Waals surface area contributed by atoms with Crippen LogP contribution in [0.5, 0.6) is 0 Å². The van der Waals surface area contributed by atoms with Gasteiger partial charge in [0.15, 0.2) is 0 Å². The summed E-state index contributed by atoms with van der Waals surface area (Å²) >= 11 is 0. The third-order valence-corrected chi connectivity index (χ3v) is 3.44. The van der Waals surface area contributed by atoms with E-state index in [4.69, 9.17) is 5.73 Å². The maximum Gasteiger partial charge on any atom is 0.145 e. The molecule has 2 N–H and O–H groups in total. The van der Waals surface area contributed by atoms with Gasteiger partial charge in [0.05, 0.1) is 11.9 Å². The Morgan fingerprint density at radius 2 is 1.83 bits per heavy atom. The van der Waals surface area contributed by atoms with Gasteiger partial charge in [0, 0.05) is 12.0 Å². The first-order valence-electron chi connectivity index (χ1n) is 7.45. The van der Waals surface area contributed by atoms with Crippen molar-refractivity contribution >= 4 is 5.82 Å². The zero-order valence-electron chi connectivity index (χ0n) is 13.0. The number of rotatable bonds is 2. The summed E-state index contributed by atoms with van der Waals surface area (Å²) in [6.45, 7) is 2.05. The van der Waals surface area contributed by atoms with Crippen molar-refractivity contribution in [2.24, 2.45) is 0 Å². The fourth-order valence-corrected chi connectivity index (χ4v) is 2.28. The molecule has 0 bridgehead atoms. The standard InChI is InChI=1S/C20H17N3/c1-15-6-5-9-17(12-15)10-11-18-14-22-20(21)19(23-18)13-16-7-3-2-4-8-16/h2-9,12,14H,13H2,1H3,(H2,21,22). The molecule has 0 saturated carbocycles. The van der Waals surface area contributed by atoms with Crippen LogP contribution in [0.15, 0.2) is 60.8 Å². The molecule has 1 aromatic heterocycles. The monoisotopic (exact) mass is 299 g/mol. The molecule has 0 amide bonds. The van der Waals surface area contributed by atoms with Gasteiger partial charge in [-0.3, -0.25) is 0 Å². The van der Waals surface area contributed by atoms with E-state index in [9.17, 15) is 0 Å². The first kappa shape index (κ1) is 14.8. The summed E-state index contributed by atoms with van der Waals surface area (Å²) in [6, 6.07) is 18.2. The Morgan fingerprint density at radius 1 is 1.00 bits per heavy atom. The Bertz CT molecular complexity index is 874. The van der Waals surface area contributed by atoms with E-state index >= 15 is 0 Å². The molecule has 1 heterocycles. The van der Waals surface area contributed by atoms with E-state index in [-0.39, 0.29) is 0 Å². The molecule has 0 radical (unpaired) electrons. The number of nitrogens with two attached hydrogens (primary N) is 1. The Balaban J connectivity index is 1.86. The smallest absolute Gasteiger partial charge is 0.145 e. The Morgan fingerprint density at radius 3 is 2.61 bits per heavy atom. The normalized spacial score (nSPS) is 9.96. The molecular weight excluding hydrogens is 282 g/mol. The minimum Gasteiger partial charge on any atom is -0.382 e. The highest BCUT2D eigenvalue weighted by atomic mass is 14.9. The molecular formula is C20H17N3. The largest absolute Gasteiger partial charge is 0.382 e. The van der Waals surface area contributed by atoms with Gasteiger partial charge in [-0.1, -0.05) is 48.4 Å². The molecule has 2 aromatic carbocycles. The number of benzene rings is 2. The van der Waals surface area contributed by atoms with E-state index in [0.29, 0.717) is 17.9 Å². The fraction of sp³-hybridized carbons (Fsp3) is 0.100. The third-order valence-electron chi connectivity index (χ3n) is 3.44. The maximum absolute atomic E-state index is 5.94. The lowest BCUT2D eigenvalue weighted by Gasteiger charge is -2.04. The van der Waals surface area contributed by atoms with Crippen LogP contribution in [0.2, 0.25) is 0 Å². The number of hydrogen-bond donors (Lipinski definition) is 1. The van der Waals surface area contributed by atoms with Crippen molar-refractivity contribution in [2.45, 2.75) is 13.3 Å². The lowest BCUT2D eigenvalue weighted by Crippen LogP contribution is -2.03. The number of hydrogen-bond acceptors (Lipinski definition) is 3. The number of anilines is 1. The number of nitrogen functional groups attached to an aromatic ring is 1. The zero-order chi connectivity index (χ0) is 16.1. The predicted octanol–water partition coefficient (Wildman–Crippen LogP) is 3.36. The van der Waals surface area contributed by atoms with Gasteiger partial charge in [0.25, 0.3) is 0 Å². The number of nitrogens with zero attached hydrogens (tertiary/aromatic N) is 2. The molecule has 23 heavy (non-hydrogen) atoms. The van der Waals surface area contributed by atoms with Crippen molar-refractivity contribution < 1.29 is 0 Å². The topological polar surface area (TPSA) is 51.8 Å². The molecule has 3 nitrogen and oxygen atoms in total. The van der Waals surface area contributed by atoms with Gasteiger partial charge in [0.1, 0.15) is 11.5 Å². The van der Waals surface area contributed by atoms with Crippen LogP contribution in [0.3, 0.4) is 0 Å². The van der Waals surface area contributed by atoms with Crippen LogP contribution in [0.1, 0.15) is 28.1 Å². The third kappa shape index (κ3) is 3.96. The Labute approximate surface area is 136 Å². The van der Waals surface area contributed by atoms with E-state index in [1.807, 2.05) is 61.5 Å². The summed E-state index contributed by atoms with van der Waals surface area (Å²) in [7, 11) is 0. The molecule has 0 aliphatic heterocycles. The van der Waals surface area contributed by atoms with Crippen LogP contribution in [0.25, 0.3) is 0 Å². The van der Waals surface area contributed by atoms with Crippen molar-refractivity contribution in [1.82, 2.24) is 9.97 Å². The van der Waals surface area contributed by atoms with Crippen LogP contribution in [-0.2, 0) is 6.42 Å². The van der Waals surface area contributed by atoms with Crippen molar-refractivity contribution in [1.29, 1.82) is 0 Å². The van der Waals surface area contributed by atoms with Crippen molar-refractivity contribution in [3.8, 4) is 11.8 Å². The van der Waals surface area contributed by atoms with E-state index < -0.39 is 0 Å². The summed E-state index contributed by atoms with van der Waals surface area (Å²) in [5.74, 6) is 6.64. The second-order valence-electron chi connectivity index (χ2n) is 5.37. The summed E-state index contributed by atoms with van der Waals surface area (Å²) in [4.78, 5) is 8.76. The zero-order valence-corrected chi connectivity index (χ0v) is 13.0. The summed E-state index contributed by atoms with van der Waals surface area (Å²) in [6.07, 6.45) is 2.27. The van der Waals surface area contributed by atoms with Crippen molar-refractivity contribution in [2.75, 3.05) is 5.73 Å². The molecule has 0 fully saturated rings. The van der Waals surface area contributed by atoms with Gasteiger partial charge in [0.2, 0.25) is 0 Å². The minimum atomic E-state index is 0.454. The molecule has 112 valence electrons. The predicted molar refractivity (Wildman–Crippen MR) is 92.9 cm³/mol. The lowest BCUT2D eigenvalue weighted by molar-refractivity contribution is 1.03. The summed E-state index contributed by atoms with van der Waals surface area (Å²) in [5.41, 5.74) is 10.6. The van der Waals surface area contributed by atoms with Gasteiger partial charge in [-0.25, -0.2) is 9.97 Å². The van der Waals surface area contributed by atoms with Crippen LogP contribution in [0, 0.1) is 18.8 Å². The number of aryl methyl sites for hydroxylation is 1. The van der Waals surface area contributed by atoms with Crippen LogP contribution in [0.4, 0.5) is 5.82 Å². The van der Waals surface area contributed by atoms with Crippen LogP contribution >= 0.6 is 0 Å². The van der Waals surface area contributed by atoms with Crippen molar-refractivity contribution in [3.05, 3.63) is 88.9 Å². The van der Waals surface area contributed by atoms with Crippen LogP contribution < -0.4 is 5.73 Å². The average molecular weight is 299 g/mol.